The molecule has 1 saturated carbocycles. The Hall–Kier alpha value is -2.41. The van der Waals surface area contributed by atoms with Gasteiger partial charge in [-0.3, -0.25) is 9.48 Å². The number of hydrogen-bond acceptors (Lipinski definition) is 5. The molecule has 41 heavy (non-hydrogen) atoms. The van der Waals surface area contributed by atoms with Crippen molar-refractivity contribution in [3.05, 3.63) is 58.7 Å². The van der Waals surface area contributed by atoms with Gasteiger partial charge in [0.25, 0.3) is 5.92 Å². The monoisotopic (exact) mass is 649 g/mol. The Morgan fingerprint density at radius 3 is 2.39 bits per heavy atom. The van der Waals surface area contributed by atoms with E-state index in [9.17, 15) is 13.2 Å². The van der Waals surface area contributed by atoms with Crippen LogP contribution < -0.4 is 10.5 Å². The van der Waals surface area contributed by atoms with E-state index in [1.54, 1.807) is 12.3 Å². The first kappa shape index (κ1) is 28.7. The van der Waals surface area contributed by atoms with E-state index in [2.05, 4.69) is 25.8 Å². The van der Waals surface area contributed by atoms with E-state index in [0.717, 1.165) is 24.9 Å². The third-order valence-electron chi connectivity index (χ3n) is 8.97. The SMILES string of the molecule is NC1CC2CCC(C1)N2C(=O)[C@H](NS(=O)(=O)c1ccc2c(cnn2CC2CCCC2)c1)C(F)(F)c1ccc(Br)cc1. The van der Waals surface area contributed by atoms with Gasteiger partial charge < -0.3 is 10.6 Å². The van der Waals surface area contributed by atoms with Crippen LogP contribution in [-0.4, -0.2) is 53.2 Å². The lowest BCUT2D eigenvalue weighted by Gasteiger charge is -2.41. The number of hydrogen-bond donors (Lipinski definition) is 2. The fourth-order valence-corrected chi connectivity index (χ4v) is 8.37. The van der Waals surface area contributed by atoms with Crippen LogP contribution in [-0.2, 0) is 27.3 Å². The summed E-state index contributed by atoms with van der Waals surface area (Å²) in [6.07, 6.45) is 8.62. The molecule has 220 valence electrons. The number of halogens is 3. The topological polar surface area (TPSA) is 110 Å². The number of sulfonamides is 1. The summed E-state index contributed by atoms with van der Waals surface area (Å²) < 4.78 is 64.3. The molecule has 0 spiro atoms. The van der Waals surface area contributed by atoms with Crippen molar-refractivity contribution in [1.82, 2.24) is 19.4 Å². The molecule has 2 aromatic carbocycles. The van der Waals surface area contributed by atoms with Gasteiger partial charge >= 0.3 is 0 Å². The highest BCUT2D eigenvalue weighted by molar-refractivity contribution is 9.10. The summed E-state index contributed by atoms with van der Waals surface area (Å²) >= 11 is 3.25. The van der Waals surface area contributed by atoms with Crippen molar-refractivity contribution in [3.8, 4) is 0 Å². The number of carbonyl (C=O) groups excluding carboxylic acids is 1. The van der Waals surface area contributed by atoms with E-state index in [1.165, 1.54) is 54.1 Å². The molecular formula is C29H34BrF2N5O3S. The number of nitrogens with one attached hydrogen (secondary N) is 1. The zero-order chi connectivity index (χ0) is 28.9. The van der Waals surface area contributed by atoms with Crippen LogP contribution in [0.2, 0.25) is 0 Å². The van der Waals surface area contributed by atoms with Gasteiger partial charge in [0.1, 0.15) is 0 Å². The molecule has 1 aliphatic carbocycles. The summed E-state index contributed by atoms with van der Waals surface area (Å²) in [5.41, 5.74) is 6.48. The van der Waals surface area contributed by atoms with Crippen LogP contribution in [0.15, 0.2) is 58.0 Å². The molecule has 6 rings (SSSR count). The van der Waals surface area contributed by atoms with Gasteiger partial charge in [-0.2, -0.15) is 18.6 Å². The second-order valence-electron chi connectivity index (χ2n) is 11.7. The van der Waals surface area contributed by atoms with Crippen molar-refractivity contribution in [2.45, 2.75) is 92.9 Å². The first-order valence-corrected chi connectivity index (χ1v) is 16.5. The Kier molecular flexibility index (Phi) is 7.71. The molecule has 1 amide bonds. The highest BCUT2D eigenvalue weighted by atomic mass is 79.9. The molecule has 3 aliphatic rings. The molecule has 2 aliphatic heterocycles. The van der Waals surface area contributed by atoms with Crippen LogP contribution in [0.4, 0.5) is 8.78 Å². The minimum absolute atomic E-state index is 0.111. The first-order valence-electron chi connectivity index (χ1n) is 14.2. The number of alkyl halides is 2. The lowest BCUT2D eigenvalue weighted by molar-refractivity contribution is -0.149. The van der Waals surface area contributed by atoms with E-state index in [-0.39, 0.29) is 23.0 Å². The number of amides is 1. The number of nitrogens with zero attached hydrogens (tertiary/aromatic N) is 3. The number of carbonyl (C=O) groups is 1. The van der Waals surface area contributed by atoms with E-state index in [4.69, 9.17) is 5.73 Å². The van der Waals surface area contributed by atoms with Gasteiger partial charge in [0.05, 0.1) is 16.6 Å². The standard InChI is InChI=1S/C29H34BrF2N5O3S/c30-21-7-5-20(6-8-21)29(31,32)27(28(38)37-23-9-10-24(37)15-22(33)14-23)35-41(39,40)25-11-12-26-19(13-25)16-34-36(26)17-18-3-1-2-4-18/h5-8,11-13,16,18,22-24,27,35H,1-4,9-10,14-15,17,33H2/t22?,23?,24?,27-/m0/s1. The van der Waals surface area contributed by atoms with Crippen LogP contribution in [0.25, 0.3) is 10.9 Å². The maximum absolute atomic E-state index is 16.2. The highest BCUT2D eigenvalue weighted by Crippen LogP contribution is 2.40. The summed E-state index contributed by atoms with van der Waals surface area (Å²) in [7, 11) is -4.52. The average Bonchev–Trinajstić information content (AvgIpc) is 3.66. The second kappa shape index (κ2) is 11.0. The van der Waals surface area contributed by atoms with Crippen molar-refractivity contribution in [2.75, 3.05) is 0 Å². The maximum atomic E-state index is 16.2. The molecule has 8 nitrogen and oxygen atoms in total. The Labute approximate surface area is 246 Å². The van der Waals surface area contributed by atoms with Gasteiger partial charge in [0.2, 0.25) is 15.9 Å². The van der Waals surface area contributed by atoms with E-state index in [1.807, 2.05) is 4.68 Å². The third kappa shape index (κ3) is 5.55. The number of rotatable bonds is 8. The van der Waals surface area contributed by atoms with Crippen molar-refractivity contribution in [3.63, 3.8) is 0 Å². The quantitative estimate of drug-likeness (QED) is 0.360. The Morgan fingerprint density at radius 1 is 1.07 bits per heavy atom. The molecule has 2 saturated heterocycles. The normalized spacial score (nSPS) is 24.3. The summed E-state index contributed by atoms with van der Waals surface area (Å²) in [6, 6.07) is 6.75. The largest absolute Gasteiger partial charge is 0.335 e. The average molecular weight is 651 g/mol. The van der Waals surface area contributed by atoms with Crippen molar-refractivity contribution in [1.29, 1.82) is 0 Å². The van der Waals surface area contributed by atoms with Crippen molar-refractivity contribution < 1.29 is 22.0 Å². The Balaban J connectivity index is 1.32. The van der Waals surface area contributed by atoms with Crippen LogP contribution >= 0.6 is 15.9 Å². The smallest absolute Gasteiger partial charge is 0.298 e. The van der Waals surface area contributed by atoms with Gasteiger partial charge in [-0.05, 0) is 74.8 Å². The lowest BCUT2D eigenvalue weighted by Crippen LogP contribution is -2.60. The zero-order valence-electron chi connectivity index (χ0n) is 22.6. The summed E-state index contributed by atoms with van der Waals surface area (Å²) in [4.78, 5) is 15.2. The molecule has 3 aromatic rings. The lowest BCUT2D eigenvalue weighted by atomic mass is 9.95. The number of fused-ring (bicyclic) bond motifs is 3. The van der Waals surface area contributed by atoms with Gasteiger partial charge in [-0.15, -0.1) is 0 Å². The maximum Gasteiger partial charge on any atom is 0.298 e. The molecule has 2 bridgehead atoms. The van der Waals surface area contributed by atoms with Crippen LogP contribution in [0.5, 0.6) is 0 Å². The zero-order valence-corrected chi connectivity index (χ0v) is 25.0. The van der Waals surface area contributed by atoms with Crippen LogP contribution in [0, 0.1) is 5.92 Å². The van der Waals surface area contributed by atoms with Gasteiger partial charge in [-0.25, -0.2) is 8.42 Å². The summed E-state index contributed by atoms with van der Waals surface area (Å²) in [5.74, 6) is -4.21. The summed E-state index contributed by atoms with van der Waals surface area (Å²) in [5, 5.41) is 5.05. The minimum atomic E-state index is -4.52. The molecular weight excluding hydrogens is 616 g/mol. The molecule has 0 radical (unpaired) electrons. The number of nitrogens with two attached hydrogens (primary N) is 1. The predicted molar refractivity (Wildman–Crippen MR) is 155 cm³/mol. The van der Waals surface area contributed by atoms with Crippen LogP contribution in [0.1, 0.15) is 56.9 Å². The first-order chi connectivity index (χ1) is 19.5. The second-order valence-corrected chi connectivity index (χ2v) is 14.4. The van der Waals surface area contributed by atoms with E-state index >= 15 is 8.78 Å². The molecule has 3 heterocycles. The molecule has 3 atom stereocenters. The molecule has 1 aromatic heterocycles. The third-order valence-corrected chi connectivity index (χ3v) is 10.9. The minimum Gasteiger partial charge on any atom is -0.335 e. The van der Waals surface area contributed by atoms with Gasteiger partial charge in [0.15, 0.2) is 6.04 Å². The van der Waals surface area contributed by atoms with Crippen molar-refractivity contribution in [2.24, 2.45) is 11.7 Å². The summed E-state index contributed by atoms with van der Waals surface area (Å²) in [6.45, 7) is 0.756. The Bertz CT molecular complexity index is 1530. The van der Waals surface area contributed by atoms with Gasteiger partial charge in [0, 0.05) is 40.1 Å². The molecule has 3 fully saturated rings. The van der Waals surface area contributed by atoms with E-state index < -0.39 is 33.5 Å². The fourth-order valence-electron chi connectivity index (χ4n) is 6.88. The molecule has 12 heteroatoms. The molecule has 2 unspecified atom stereocenters. The predicted octanol–water partition coefficient (Wildman–Crippen LogP) is 4.91. The molecule has 3 N–H and O–H groups in total. The Morgan fingerprint density at radius 2 is 1.73 bits per heavy atom. The fraction of sp³-hybridized carbons (Fsp3) is 0.517. The number of piperidine rings is 1. The van der Waals surface area contributed by atoms with E-state index in [0.29, 0.717) is 41.5 Å². The number of benzene rings is 2. The van der Waals surface area contributed by atoms with Crippen molar-refractivity contribution >= 4 is 42.8 Å². The number of aromatic nitrogens is 2. The van der Waals surface area contributed by atoms with Gasteiger partial charge in [-0.1, -0.05) is 40.9 Å². The van der Waals surface area contributed by atoms with Crippen LogP contribution in [0.3, 0.4) is 0 Å². The highest BCUT2D eigenvalue weighted by Gasteiger charge is 2.53.